The van der Waals surface area contributed by atoms with Gasteiger partial charge in [-0.25, -0.2) is 14.5 Å². The van der Waals surface area contributed by atoms with Crippen LogP contribution in [0.1, 0.15) is 38.6 Å². The molecule has 0 aliphatic rings. The Kier molecular flexibility index (Phi) is 5.29. The SMILES string of the molecule is [2H]C([2H])(Oc1cccc(OP(=O)(O)O)c1C=O)c1cncnc1-c1ccnn1C(C)C. The second-order valence-corrected chi connectivity index (χ2v) is 7.28. The maximum atomic E-state index is 11.6. The van der Waals surface area contributed by atoms with Gasteiger partial charge < -0.3 is 9.26 Å². The Bertz CT molecular complexity index is 1150. The molecule has 3 aromatic rings. The predicted molar refractivity (Wildman–Crippen MR) is 102 cm³/mol. The van der Waals surface area contributed by atoms with E-state index in [4.69, 9.17) is 17.3 Å². The average Bonchev–Trinajstić information content (AvgIpc) is 3.17. The van der Waals surface area contributed by atoms with Crippen molar-refractivity contribution >= 4 is 14.1 Å². The van der Waals surface area contributed by atoms with Gasteiger partial charge in [0.25, 0.3) is 0 Å². The van der Waals surface area contributed by atoms with Crippen LogP contribution in [0.25, 0.3) is 11.4 Å². The van der Waals surface area contributed by atoms with Crippen LogP contribution in [0.2, 0.25) is 0 Å². The molecule has 0 atom stereocenters. The van der Waals surface area contributed by atoms with Crippen LogP contribution < -0.4 is 9.26 Å². The molecule has 0 aliphatic carbocycles. The minimum Gasteiger partial charge on any atom is -0.488 e. The number of carbonyl (C=O) groups excluding carboxylic acids is 1. The molecular weight excluding hydrogens is 399 g/mol. The molecule has 0 bridgehead atoms. The summed E-state index contributed by atoms with van der Waals surface area (Å²) >= 11 is 0. The van der Waals surface area contributed by atoms with Crippen LogP contribution in [0, 0.1) is 0 Å². The van der Waals surface area contributed by atoms with Gasteiger partial charge in [0.05, 0.1) is 19.7 Å². The van der Waals surface area contributed by atoms with Crippen molar-refractivity contribution in [2.75, 3.05) is 0 Å². The van der Waals surface area contributed by atoms with E-state index in [-0.39, 0.29) is 34.9 Å². The summed E-state index contributed by atoms with van der Waals surface area (Å²) in [6.07, 6.45) is 4.33. The molecule has 11 heteroatoms. The van der Waals surface area contributed by atoms with E-state index in [0.717, 1.165) is 6.07 Å². The lowest BCUT2D eigenvalue weighted by atomic mass is 10.1. The maximum absolute atomic E-state index is 11.6. The highest BCUT2D eigenvalue weighted by Crippen LogP contribution is 2.41. The van der Waals surface area contributed by atoms with Crippen molar-refractivity contribution in [1.82, 2.24) is 19.7 Å². The van der Waals surface area contributed by atoms with Gasteiger partial charge in [-0.15, -0.1) is 0 Å². The van der Waals surface area contributed by atoms with Crippen molar-refractivity contribution in [1.29, 1.82) is 0 Å². The number of phosphoric acid groups is 1. The van der Waals surface area contributed by atoms with E-state index >= 15 is 0 Å². The number of nitrogens with zero attached hydrogens (tertiary/aromatic N) is 4. The minimum absolute atomic E-state index is 0.0252. The molecular formula is C18H19N4O6P. The first kappa shape index (κ1) is 18.0. The number of carbonyl (C=O) groups is 1. The van der Waals surface area contributed by atoms with Gasteiger partial charge >= 0.3 is 7.82 Å². The first-order chi connectivity index (χ1) is 14.5. The number of phosphoric ester groups is 1. The molecule has 3 rings (SSSR count). The van der Waals surface area contributed by atoms with E-state index in [0.29, 0.717) is 5.69 Å². The summed E-state index contributed by atoms with van der Waals surface area (Å²) in [5.74, 6) is -0.725. The van der Waals surface area contributed by atoms with Gasteiger partial charge in [0.2, 0.25) is 0 Å². The van der Waals surface area contributed by atoms with Crippen molar-refractivity contribution in [3.63, 3.8) is 0 Å². The monoisotopic (exact) mass is 420 g/mol. The van der Waals surface area contributed by atoms with Crippen molar-refractivity contribution < 1.29 is 31.1 Å². The Morgan fingerprint density at radius 1 is 1.31 bits per heavy atom. The Hall–Kier alpha value is -3.07. The number of aromatic nitrogens is 4. The highest BCUT2D eigenvalue weighted by molar-refractivity contribution is 7.46. The summed E-state index contributed by atoms with van der Waals surface area (Å²) in [7, 11) is -4.95. The smallest absolute Gasteiger partial charge is 0.488 e. The Morgan fingerprint density at radius 2 is 2.07 bits per heavy atom. The molecule has 2 heterocycles. The van der Waals surface area contributed by atoms with Gasteiger partial charge in [0.15, 0.2) is 6.29 Å². The van der Waals surface area contributed by atoms with Crippen LogP contribution in [0.4, 0.5) is 0 Å². The molecule has 0 radical (unpaired) electrons. The Morgan fingerprint density at radius 3 is 2.76 bits per heavy atom. The number of rotatable bonds is 8. The lowest BCUT2D eigenvalue weighted by molar-refractivity contribution is 0.111. The minimum atomic E-state index is -4.95. The third-order valence-electron chi connectivity index (χ3n) is 3.75. The predicted octanol–water partition coefficient (Wildman–Crippen LogP) is 2.78. The largest absolute Gasteiger partial charge is 0.524 e. The molecule has 0 saturated heterocycles. The van der Waals surface area contributed by atoms with E-state index in [2.05, 4.69) is 19.6 Å². The van der Waals surface area contributed by atoms with E-state index in [1.807, 2.05) is 13.8 Å². The summed E-state index contributed by atoms with van der Waals surface area (Å²) in [5.41, 5.74) is 0.381. The number of hydrogen-bond acceptors (Lipinski definition) is 7. The normalized spacial score (nSPS) is 13.0. The summed E-state index contributed by atoms with van der Waals surface area (Å²) in [6.45, 7) is 1.29. The quantitative estimate of drug-likeness (QED) is 0.416. The van der Waals surface area contributed by atoms with Crippen LogP contribution in [-0.2, 0) is 11.1 Å². The van der Waals surface area contributed by atoms with Crippen LogP contribution in [0.5, 0.6) is 11.5 Å². The van der Waals surface area contributed by atoms with Gasteiger partial charge in [0.1, 0.15) is 24.4 Å². The lowest BCUT2D eigenvalue weighted by Crippen LogP contribution is -2.08. The summed E-state index contributed by atoms with van der Waals surface area (Å²) in [4.78, 5) is 37.7. The molecule has 0 fully saturated rings. The third-order valence-corrected chi connectivity index (χ3v) is 4.18. The molecule has 0 spiro atoms. The zero-order valence-electron chi connectivity index (χ0n) is 17.5. The summed E-state index contributed by atoms with van der Waals surface area (Å²) < 4.78 is 39.7. The maximum Gasteiger partial charge on any atom is 0.524 e. The molecule has 1 aromatic carbocycles. The number of ether oxygens (including phenoxy) is 1. The molecule has 152 valence electrons. The Balaban J connectivity index is 2.05. The van der Waals surface area contributed by atoms with E-state index < -0.39 is 20.1 Å². The lowest BCUT2D eigenvalue weighted by Gasteiger charge is -2.15. The highest BCUT2D eigenvalue weighted by atomic mass is 31.2. The van der Waals surface area contributed by atoms with E-state index in [9.17, 15) is 9.36 Å². The molecule has 10 nitrogen and oxygen atoms in total. The zero-order valence-corrected chi connectivity index (χ0v) is 16.4. The van der Waals surface area contributed by atoms with Crippen LogP contribution in [0.15, 0.2) is 43.0 Å². The fourth-order valence-corrected chi connectivity index (χ4v) is 2.98. The zero-order chi connectivity index (χ0) is 22.8. The first-order valence-electron chi connectivity index (χ1n) is 9.40. The van der Waals surface area contributed by atoms with Crippen molar-refractivity contribution in [2.24, 2.45) is 0 Å². The summed E-state index contributed by atoms with van der Waals surface area (Å²) in [5, 5.41) is 4.23. The van der Waals surface area contributed by atoms with Crippen LogP contribution in [0.3, 0.4) is 0 Å². The van der Waals surface area contributed by atoms with Gasteiger partial charge in [-0.1, -0.05) is 6.07 Å². The average molecular weight is 420 g/mol. The van der Waals surface area contributed by atoms with Crippen molar-refractivity contribution in [3.8, 4) is 22.9 Å². The van der Waals surface area contributed by atoms with Gasteiger partial charge in [-0.2, -0.15) is 5.10 Å². The molecule has 2 aromatic heterocycles. The third kappa shape index (κ3) is 4.86. The molecule has 29 heavy (non-hydrogen) atoms. The van der Waals surface area contributed by atoms with E-state index in [1.54, 1.807) is 16.9 Å². The molecule has 2 N–H and O–H groups in total. The number of benzene rings is 1. The standard InChI is InChI=1S/C18H19N4O6P/c1-12(2)22-15(6-7-21-22)18-13(8-19-11-20-18)10-27-16-4-3-5-17(14(16)9-23)28-29(24,25)26/h3-9,11-12H,10H2,1-2H3,(H2,24,25,26)/i10D2. The fourth-order valence-electron chi connectivity index (χ4n) is 2.57. The Labute approximate surface area is 169 Å². The van der Waals surface area contributed by atoms with Crippen molar-refractivity contribution in [2.45, 2.75) is 26.4 Å². The molecule has 0 unspecified atom stereocenters. The fraction of sp³-hybridized carbons (Fsp3) is 0.222. The highest BCUT2D eigenvalue weighted by Gasteiger charge is 2.21. The topological polar surface area (TPSA) is 137 Å². The second kappa shape index (κ2) is 8.52. The number of aldehydes is 1. The molecule has 0 aliphatic heterocycles. The van der Waals surface area contributed by atoms with Gasteiger partial charge in [0, 0.05) is 24.0 Å². The van der Waals surface area contributed by atoms with Gasteiger partial charge in [-0.05, 0) is 32.0 Å². The molecule has 0 amide bonds. The van der Waals surface area contributed by atoms with Crippen molar-refractivity contribution in [3.05, 3.63) is 54.1 Å². The molecule has 0 saturated carbocycles. The van der Waals surface area contributed by atoms with Gasteiger partial charge in [-0.3, -0.25) is 19.3 Å². The van der Waals surface area contributed by atoms with E-state index in [1.165, 1.54) is 24.7 Å². The van der Waals surface area contributed by atoms with Crippen LogP contribution in [-0.4, -0.2) is 35.8 Å². The van der Waals surface area contributed by atoms with Crippen LogP contribution >= 0.6 is 7.82 Å². The summed E-state index contributed by atoms with van der Waals surface area (Å²) in [6, 6.07) is 5.38. The first-order valence-corrected chi connectivity index (χ1v) is 9.93. The second-order valence-electron chi connectivity index (χ2n) is 6.11. The number of hydrogen-bond donors (Lipinski definition) is 2.